The van der Waals surface area contributed by atoms with E-state index >= 15 is 0 Å². The Balaban J connectivity index is 1.68. The lowest BCUT2D eigenvalue weighted by Crippen LogP contribution is -2.27. The molecule has 0 aliphatic carbocycles. The van der Waals surface area contributed by atoms with Gasteiger partial charge in [-0.2, -0.15) is 0 Å². The van der Waals surface area contributed by atoms with Gasteiger partial charge in [-0.15, -0.1) is 0 Å². The van der Waals surface area contributed by atoms with E-state index < -0.39 is 10.0 Å². The molecule has 0 spiro atoms. The fourth-order valence-electron chi connectivity index (χ4n) is 3.61. The summed E-state index contributed by atoms with van der Waals surface area (Å²) < 4.78 is 40.0. The number of anilines is 2. The van der Waals surface area contributed by atoms with E-state index in [1.54, 1.807) is 24.3 Å². The van der Waals surface area contributed by atoms with Gasteiger partial charge in [-0.3, -0.25) is 0 Å². The highest BCUT2D eigenvalue weighted by atomic mass is 32.2. The van der Waals surface area contributed by atoms with Crippen molar-refractivity contribution in [2.24, 2.45) is 0 Å². The van der Waals surface area contributed by atoms with E-state index in [1.165, 1.54) is 4.31 Å². The molecule has 0 N–H and O–H groups in total. The van der Waals surface area contributed by atoms with Gasteiger partial charge in [0.1, 0.15) is 18.5 Å². The van der Waals surface area contributed by atoms with Crippen molar-refractivity contribution in [2.45, 2.75) is 38.0 Å². The molecule has 1 aliphatic heterocycles. The average molecular weight is 452 g/mol. The smallest absolute Gasteiger partial charge is 0.243 e. The van der Waals surface area contributed by atoms with Gasteiger partial charge >= 0.3 is 0 Å². The number of sulfonamides is 1. The van der Waals surface area contributed by atoms with Crippen molar-refractivity contribution < 1.29 is 17.9 Å². The second-order valence-corrected chi connectivity index (χ2v) is 10.9. The van der Waals surface area contributed by atoms with E-state index in [1.807, 2.05) is 54.6 Å². The molecule has 1 fully saturated rings. The Morgan fingerprint density at radius 1 is 0.938 bits per heavy atom. The highest BCUT2D eigenvalue weighted by Gasteiger charge is 2.28. The van der Waals surface area contributed by atoms with Crippen LogP contribution in [0.4, 0.5) is 11.4 Å². The molecule has 0 amide bonds. The van der Waals surface area contributed by atoms with Gasteiger partial charge in [0.15, 0.2) is 0 Å². The first-order valence-corrected chi connectivity index (χ1v) is 12.4. The van der Waals surface area contributed by atoms with Gasteiger partial charge in [-0.1, -0.05) is 69.3 Å². The fourth-order valence-corrected chi connectivity index (χ4v) is 5.23. The Bertz CT molecular complexity index is 1110. The molecule has 5 nitrogen and oxygen atoms in total. The zero-order valence-electron chi connectivity index (χ0n) is 18.7. The molecule has 3 aromatic rings. The summed E-state index contributed by atoms with van der Waals surface area (Å²) >= 11 is 0. The van der Waals surface area contributed by atoms with Crippen LogP contribution in [-0.4, -0.2) is 27.7 Å². The Morgan fingerprint density at radius 3 is 2.00 bits per heavy atom. The standard InChI is InChI=1S/C26H29NO4S/c1-26(2,3)24-15-14-20(16-25(24)31-18-23-17-30-23)19-32(28,29)27(21-10-6-4-7-11-21)22-12-8-5-9-13-22/h4-16,23H,17-19H2,1-3H3. The second-order valence-electron chi connectivity index (χ2n) is 9.04. The summed E-state index contributed by atoms with van der Waals surface area (Å²) in [6.45, 7) is 7.53. The van der Waals surface area contributed by atoms with Crippen LogP contribution in [0.1, 0.15) is 31.9 Å². The van der Waals surface area contributed by atoms with Crippen LogP contribution < -0.4 is 9.04 Å². The maximum absolute atomic E-state index is 13.6. The summed E-state index contributed by atoms with van der Waals surface area (Å²) in [5.74, 6) is 0.573. The third kappa shape index (κ3) is 5.31. The predicted molar refractivity (Wildman–Crippen MR) is 128 cm³/mol. The van der Waals surface area contributed by atoms with E-state index in [4.69, 9.17) is 9.47 Å². The van der Waals surface area contributed by atoms with Gasteiger partial charge in [-0.25, -0.2) is 12.7 Å². The highest BCUT2D eigenvalue weighted by molar-refractivity contribution is 7.92. The molecule has 6 heteroatoms. The molecular weight excluding hydrogens is 422 g/mol. The quantitative estimate of drug-likeness (QED) is 0.429. The molecule has 0 aromatic heterocycles. The van der Waals surface area contributed by atoms with Gasteiger partial charge in [0, 0.05) is 0 Å². The molecule has 1 atom stereocenters. The first-order chi connectivity index (χ1) is 15.2. The topological polar surface area (TPSA) is 59.1 Å². The highest BCUT2D eigenvalue weighted by Crippen LogP contribution is 2.35. The summed E-state index contributed by atoms with van der Waals surface area (Å²) in [5, 5.41) is 0. The fraction of sp³-hybridized carbons (Fsp3) is 0.308. The number of para-hydroxylation sites is 2. The van der Waals surface area contributed by atoms with E-state index in [-0.39, 0.29) is 17.3 Å². The molecule has 0 radical (unpaired) electrons. The predicted octanol–water partition coefficient (Wildman–Crippen LogP) is 5.43. The number of hydrogen-bond acceptors (Lipinski definition) is 4. The van der Waals surface area contributed by atoms with Crippen molar-refractivity contribution in [3.8, 4) is 5.75 Å². The molecule has 1 aliphatic rings. The largest absolute Gasteiger partial charge is 0.490 e. The first-order valence-electron chi connectivity index (χ1n) is 10.7. The molecule has 32 heavy (non-hydrogen) atoms. The molecule has 4 rings (SSSR count). The average Bonchev–Trinajstić information content (AvgIpc) is 3.57. The van der Waals surface area contributed by atoms with Gasteiger partial charge in [-0.05, 0) is 46.9 Å². The summed E-state index contributed by atoms with van der Waals surface area (Å²) in [5.41, 5.74) is 2.81. The maximum atomic E-state index is 13.6. The second kappa shape index (κ2) is 8.96. The van der Waals surface area contributed by atoms with Gasteiger partial charge < -0.3 is 9.47 Å². The SMILES string of the molecule is CC(C)(C)c1ccc(CS(=O)(=O)N(c2ccccc2)c2ccccc2)cc1OCC1CO1. The van der Waals surface area contributed by atoms with E-state index in [2.05, 4.69) is 20.8 Å². The lowest BCUT2D eigenvalue weighted by atomic mass is 9.86. The monoisotopic (exact) mass is 451 g/mol. The normalized spacial score (nSPS) is 15.9. The molecule has 0 bridgehead atoms. The van der Waals surface area contributed by atoms with Crippen LogP contribution in [0.15, 0.2) is 78.9 Å². The summed E-state index contributed by atoms with van der Waals surface area (Å²) in [6.07, 6.45) is 0.127. The van der Waals surface area contributed by atoms with Gasteiger partial charge in [0.05, 0.1) is 23.7 Å². The Morgan fingerprint density at radius 2 is 1.50 bits per heavy atom. The Kier molecular flexibility index (Phi) is 6.26. The van der Waals surface area contributed by atoms with Crippen molar-refractivity contribution in [1.29, 1.82) is 0 Å². The van der Waals surface area contributed by atoms with Crippen LogP contribution in [0.3, 0.4) is 0 Å². The van der Waals surface area contributed by atoms with Crippen LogP contribution in [0, 0.1) is 0 Å². The lowest BCUT2D eigenvalue weighted by Gasteiger charge is -2.26. The number of epoxide rings is 1. The Labute approximate surface area is 190 Å². The molecule has 1 heterocycles. The number of rotatable bonds is 8. The molecule has 168 valence electrons. The van der Waals surface area contributed by atoms with Gasteiger partial charge in [0.2, 0.25) is 10.0 Å². The van der Waals surface area contributed by atoms with Crippen LogP contribution in [0.2, 0.25) is 0 Å². The minimum absolute atomic E-state index is 0.127. The molecule has 1 unspecified atom stereocenters. The summed E-state index contributed by atoms with van der Waals surface area (Å²) in [7, 11) is -3.71. The number of benzene rings is 3. The van der Waals surface area contributed by atoms with E-state index in [0.717, 1.165) is 5.56 Å². The van der Waals surface area contributed by atoms with Crippen LogP contribution >= 0.6 is 0 Å². The van der Waals surface area contributed by atoms with Crippen molar-refractivity contribution >= 4 is 21.4 Å². The van der Waals surface area contributed by atoms with Crippen LogP contribution in [0.5, 0.6) is 5.75 Å². The molecule has 0 saturated carbocycles. The molecule has 1 saturated heterocycles. The minimum Gasteiger partial charge on any atom is -0.490 e. The minimum atomic E-state index is -3.71. The van der Waals surface area contributed by atoms with Gasteiger partial charge in [0.25, 0.3) is 0 Å². The lowest BCUT2D eigenvalue weighted by molar-refractivity contribution is 0.258. The zero-order chi connectivity index (χ0) is 22.8. The summed E-state index contributed by atoms with van der Waals surface area (Å²) in [6, 6.07) is 24.0. The molecule has 3 aromatic carbocycles. The maximum Gasteiger partial charge on any atom is 0.243 e. The van der Waals surface area contributed by atoms with E-state index in [9.17, 15) is 8.42 Å². The summed E-state index contributed by atoms with van der Waals surface area (Å²) in [4.78, 5) is 0. The van der Waals surface area contributed by atoms with Crippen LogP contribution in [-0.2, 0) is 25.9 Å². The van der Waals surface area contributed by atoms with Crippen molar-refractivity contribution in [3.05, 3.63) is 90.0 Å². The van der Waals surface area contributed by atoms with Crippen molar-refractivity contribution in [1.82, 2.24) is 0 Å². The van der Waals surface area contributed by atoms with E-state index in [0.29, 0.717) is 35.9 Å². The molecular formula is C26H29NO4S. The van der Waals surface area contributed by atoms with Crippen molar-refractivity contribution in [3.63, 3.8) is 0 Å². The number of hydrogen-bond donors (Lipinski definition) is 0. The number of ether oxygens (including phenoxy) is 2. The first kappa shape index (κ1) is 22.4. The third-order valence-electron chi connectivity index (χ3n) is 5.29. The number of nitrogens with zero attached hydrogens (tertiary/aromatic N) is 1. The van der Waals surface area contributed by atoms with Crippen LogP contribution in [0.25, 0.3) is 0 Å². The third-order valence-corrected chi connectivity index (χ3v) is 6.97. The zero-order valence-corrected chi connectivity index (χ0v) is 19.5. The Hall–Kier alpha value is -2.83. The van der Waals surface area contributed by atoms with Crippen molar-refractivity contribution in [2.75, 3.05) is 17.5 Å².